The Kier molecular flexibility index (Phi) is 5.90. The number of hydrogen-bond donors (Lipinski definition) is 1. The molecule has 0 aromatic heterocycles. The highest BCUT2D eigenvalue weighted by atomic mass is 35.5. The number of carbonyl (C=O) groups is 2. The van der Waals surface area contributed by atoms with E-state index in [1.807, 2.05) is 0 Å². The van der Waals surface area contributed by atoms with Gasteiger partial charge in [0.15, 0.2) is 0 Å². The monoisotopic (exact) mass is 422 g/mol. The lowest BCUT2D eigenvalue weighted by atomic mass is 10.1. The van der Waals surface area contributed by atoms with Crippen molar-refractivity contribution < 1.29 is 22.7 Å². The van der Waals surface area contributed by atoms with Gasteiger partial charge in [-0.3, -0.25) is 9.10 Å². The van der Waals surface area contributed by atoms with Gasteiger partial charge in [0.05, 0.1) is 34.7 Å². The van der Waals surface area contributed by atoms with Crippen molar-refractivity contribution in [3.63, 3.8) is 0 Å². The molecule has 0 spiro atoms. The number of benzene rings is 2. The largest absolute Gasteiger partial charge is 0.465 e. The van der Waals surface area contributed by atoms with Gasteiger partial charge in [0.2, 0.25) is 10.0 Å². The second-order valence-corrected chi connectivity index (χ2v) is 8.71. The molecule has 0 saturated carbocycles. The van der Waals surface area contributed by atoms with E-state index in [9.17, 15) is 18.0 Å². The zero-order chi connectivity index (χ0) is 20.3. The maximum Gasteiger partial charge on any atom is 0.337 e. The number of rotatable bonds is 4. The maximum atomic E-state index is 12.7. The number of amides is 1. The van der Waals surface area contributed by atoms with Crippen LogP contribution in [0.15, 0.2) is 42.5 Å². The molecule has 28 heavy (non-hydrogen) atoms. The van der Waals surface area contributed by atoms with Crippen molar-refractivity contribution in [2.45, 2.75) is 12.8 Å². The predicted molar refractivity (Wildman–Crippen MR) is 108 cm³/mol. The number of methoxy groups -OCH3 is 1. The van der Waals surface area contributed by atoms with E-state index in [1.165, 1.54) is 29.6 Å². The molecule has 1 saturated heterocycles. The minimum absolute atomic E-state index is 0.0808. The third-order valence-corrected chi connectivity index (χ3v) is 6.57. The van der Waals surface area contributed by atoms with Crippen LogP contribution in [-0.2, 0) is 14.8 Å². The van der Waals surface area contributed by atoms with E-state index in [-0.39, 0.29) is 16.3 Å². The molecule has 0 atom stereocenters. The Morgan fingerprint density at radius 1 is 1.14 bits per heavy atom. The van der Waals surface area contributed by atoms with Crippen molar-refractivity contribution in [3.05, 3.63) is 58.6 Å². The third kappa shape index (κ3) is 4.28. The van der Waals surface area contributed by atoms with Crippen LogP contribution in [0.1, 0.15) is 33.6 Å². The van der Waals surface area contributed by atoms with Gasteiger partial charge in [-0.25, -0.2) is 13.2 Å². The standard InChI is InChI=1S/C19H19ClN2O5S/c1-27-19(24)13-5-4-6-14(11-13)21-18(23)16-12-15(7-8-17(16)20)22-9-2-3-10-28(22,25)26/h4-8,11-12H,2-3,9-10H2,1H3,(H,21,23). The second-order valence-electron chi connectivity index (χ2n) is 6.29. The molecule has 9 heteroatoms. The summed E-state index contributed by atoms with van der Waals surface area (Å²) in [6.07, 6.45) is 1.38. The number of halogens is 1. The van der Waals surface area contributed by atoms with Crippen LogP contribution in [-0.4, -0.2) is 39.7 Å². The van der Waals surface area contributed by atoms with Crippen LogP contribution >= 0.6 is 11.6 Å². The summed E-state index contributed by atoms with van der Waals surface area (Å²) in [5.41, 5.74) is 1.22. The molecule has 1 heterocycles. The molecule has 1 N–H and O–H groups in total. The van der Waals surface area contributed by atoms with Gasteiger partial charge >= 0.3 is 5.97 Å². The first kappa shape index (κ1) is 20.2. The zero-order valence-electron chi connectivity index (χ0n) is 15.1. The first-order valence-electron chi connectivity index (χ1n) is 8.61. The predicted octanol–water partition coefficient (Wildman–Crippen LogP) is 3.31. The number of carbonyl (C=O) groups excluding carboxylic acids is 2. The van der Waals surface area contributed by atoms with E-state index in [0.717, 1.165) is 6.42 Å². The van der Waals surface area contributed by atoms with Gasteiger partial charge in [0.1, 0.15) is 0 Å². The Morgan fingerprint density at radius 3 is 2.64 bits per heavy atom. The smallest absolute Gasteiger partial charge is 0.337 e. The van der Waals surface area contributed by atoms with Gasteiger partial charge in [-0.1, -0.05) is 17.7 Å². The van der Waals surface area contributed by atoms with Crippen molar-refractivity contribution >= 4 is 44.9 Å². The summed E-state index contributed by atoms with van der Waals surface area (Å²) in [6, 6.07) is 10.8. The van der Waals surface area contributed by atoms with Crippen LogP contribution in [0.4, 0.5) is 11.4 Å². The average Bonchev–Trinajstić information content (AvgIpc) is 2.68. The van der Waals surface area contributed by atoms with E-state index in [1.54, 1.807) is 24.3 Å². The first-order chi connectivity index (χ1) is 13.3. The van der Waals surface area contributed by atoms with E-state index >= 15 is 0 Å². The molecule has 7 nitrogen and oxygen atoms in total. The van der Waals surface area contributed by atoms with Crippen LogP contribution in [0.3, 0.4) is 0 Å². The molecule has 1 aliphatic heterocycles. The number of nitrogens with zero attached hydrogens (tertiary/aromatic N) is 1. The summed E-state index contributed by atoms with van der Waals surface area (Å²) < 4.78 is 30.6. The van der Waals surface area contributed by atoms with Gasteiger partial charge < -0.3 is 10.1 Å². The highest BCUT2D eigenvalue weighted by Crippen LogP contribution is 2.28. The molecular weight excluding hydrogens is 404 g/mol. The topological polar surface area (TPSA) is 92.8 Å². The number of anilines is 2. The number of hydrogen-bond acceptors (Lipinski definition) is 5. The fraction of sp³-hybridized carbons (Fsp3) is 0.263. The van der Waals surface area contributed by atoms with Crippen LogP contribution < -0.4 is 9.62 Å². The summed E-state index contributed by atoms with van der Waals surface area (Å²) in [5.74, 6) is -0.952. The minimum atomic E-state index is -3.40. The number of nitrogens with one attached hydrogen (secondary N) is 1. The van der Waals surface area contributed by atoms with Gasteiger partial charge in [-0.15, -0.1) is 0 Å². The van der Waals surface area contributed by atoms with Crippen molar-refractivity contribution in [3.8, 4) is 0 Å². The summed E-state index contributed by atoms with van der Waals surface area (Å²) >= 11 is 6.17. The van der Waals surface area contributed by atoms with Gasteiger partial charge in [0.25, 0.3) is 5.91 Å². The molecular formula is C19H19ClN2O5S. The molecule has 1 aliphatic rings. The summed E-state index contributed by atoms with van der Waals surface area (Å²) in [6.45, 7) is 0.367. The summed E-state index contributed by atoms with van der Waals surface area (Å²) in [7, 11) is -2.13. The average molecular weight is 423 g/mol. The Hall–Kier alpha value is -2.58. The molecule has 2 aromatic rings. The molecule has 1 amide bonds. The normalized spacial score (nSPS) is 15.7. The molecule has 148 valence electrons. The van der Waals surface area contributed by atoms with Gasteiger partial charge in [-0.2, -0.15) is 0 Å². The number of sulfonamides is 1. The Bertz CT molecular complexity index is 1020. The first-order valence-corrected chi connectivity index (χ1v) is 10.6. The Labute approximate surface area is 168 Å². The molecule has 3 rings (SSSR count). The molecule has 0 unspecified atom stereocenters. The van der Waals surface area contributed by atoms with E-state index < -0.39 is 21.9 Å². The van der Waals surface area contributed by atoms with Crippen molar-refractivity contribution in [1.29, 1.82) is 0 Å². The highest BCUT2D eigenvalue weighted by molar-refractivity contribution is 7.92. The van der Waals surface area contributed by atoms with E-state index in [4.69, 9.17) is 11.6 Å². The van der Waals surface area contributed by atoms with Crippen LogP contribution in [0.2, 0.25) is 5.02 Å². The molecule has 0 aliphatic carbocycles. The second kappa shape index (κ2) is 8.20. The Balaban J connectivity index is 1.87. The molecule has 0 bridgehead atoms. The lowest BCUT2D eigenvalue weighted by Gasteiger charge is -2.28. The highest BCUT2D eigenvalue weighted by Gasteiger charge is 2.27. The zero-order valence-corrected chi connectivity index (χ0v) is 16.7. The summed E-state index contributed by atoms with van der Waals surface area (Å²) in [4.78, 5) is 24.3. The van der Waals surface area contributed by atoms with Gasteiger partial charge in [0, 0.05) is 12.2 Å². The fourth-order valence-electron chi connectivity index (χ4n) is 2.96. The molecule has 0 radical (unpaired) electrons. The summed E-state index contributed by atoms with van der Waals surface area (Å²) in [5, 5.41) is 2.86. The minimum Gasteiger partial charge on any atom is -0.465 e. The number of esters is 1. The molecule has 1 fully saturated rings. The SMILES string of the molecule is COC(=O)c1cccc(NC(=O)c2cc(N3CCCCS3(=O)=O)ccc2Cl)c1. The van der Waals surface area contributed by atoms with Gasteiger partial charge in [-0.05, 0) is 49.2 Å². The van der Waals surface area contributed by atoms with Crippen LogP contribution in [0, 0.1) is 0 Å². The molecule has 2 aromatic carbocycles. The third-order valence-electron chi connectivity index (χ3n) is 4.37. The number of ether oxygens (including phenoxy) is 1. The van der Waals surface area contributed by atoms with E-state index in [0.29, 0.717) is 29.9 Å². The van der Waals surface area contributed by atoms with E-state index in [2.05, 4.69) is 10.1 Å². The fourth-order valence-corrected chi connectivity index (χ4v) is 4.80. The Morgan fingerprint density at radius 2 is 1.93 bits per heavy atom. The van der Waals surface area contributed by atoms with Crippen molar-refractivity contribution in [1.82, 2.24) is 0 Å². The lowest BCUT2D eigenvalue weighted by Crippen LogP contribution is -2.38. The van der Waals surface area contributed by atoms with Crippen molar-refractivity contribution in [2.24, 2.45) is 0 Å². The van der Waals surface area contributed by atoms with Crippen LogP contribution in [0.25, 0.3) is 0 Å². The lowest BCUT2D eigenvalue weighted by molar-refractivity contribution is 0.0600. The maximum absolute atomic E-state index is 12.7. The van der Waals surface area contributed by atoms with Crippen molar-refractivity contribution in [2.75, 3.05) is 29.0 Å². The van der Waals surface area contributed by atoms with Crippen LogP contribution in [0.5, 0.6) is 0 Å². The quantitative estimate of drug-likeness (QED) is 0.763.